The Morgan fingerprint density at radius 2 is 1.83 bits per heavy atom. The number of nitrogens with zero attached hydrogens (tertiary/aromatic N) is 3. The molecule has 0 aliphatic carbocycles. The maximum atomic E-state index is 13.6. The van der Waals surface area contributed by atoms with Gasteiger partial charge in [-0.3, -0.25) is 9.69 Å². The number of hydrogen-bond donors (Lipinski definition) is 0. The smallest absolute Gasteiger partial charge is 0.282 e. The van der Waals surface area contributed by atoms with E-state index < -0.39 is 11.7 Å². The minimum Gasteiger partial charge on any atom is -0.334 e. The molecule has 0 atom stereocenters. The summed E-state index contributed by atoms with van der Waals surface area (Å²) in [5.41, 5.74) is 0. The summed E-state index contributed by atoms with van der Waals surface area (Å²) < 4.78 is 13.6. The van der Waals surface area contributed by atoms with E-state index in [-0.39, 0.29) is 0 Å². The molecule has 0 aromatic heterocycles. The summed E-state index contributed by atoms with van der Waals surface area (Å²) in [5.74, 6) is -1.11. The van der Waals surface area contributed by atoms with Gasteiger partial charge in [0.25, 0.3) is 5.91 Å². The summed E-state index contributed by atoms with van der Waals surface area (Å²) in [6.45, 7) is 7.59. The highest BCUT2D eigenvalue weighted by Crippen LogP contribution is 2.10. The van der Waals surface area contributed by atoms with Crippen LogP contribution in [0.1, 0.15) is 13.8 Å². The molecule has 0 saturated carbocycles. The standard InChI is InChI=1S/C13H24FN3O/c1-11(2)16-7-9-17(10-8-16)13(18)12(14)5-6-15(3)4/h5,11H,6-10H2,1-4H3/b12-5-. The van der Waals surface area contributed by atoms with Crippen molar-refractivity contribution in [2.24, 2.45) is 0 Å². The Bertz CT molecular complexity index is 307. The highest BCUT2D eigenvalue weighted by Gasteiger charge is 2.24. The van der Waals surface area contributed by atoms with Crippen molar-refractivity contribution in [1.82, 2.24) is 14.7 Å². The predicted molar refractivity (Wildman–Crippen MR) is 71.0 cm³/mol. The molecule has 18 heavy (non-hydrogen) atoms. The highest BCUT2D eigenvalue weighted by molar-refractivity contribution is 5.91. The molecule has 0 aromatic rings. The average molecular weight is 257 g/mol. The molecule has 5 heteroatoms. The number of likely N-dealkylation sites (N-methyl/N-ethyl adjacent to an activating group) is 1. The van der Waals surface area contributed by atoms with Gasteiger partial charge >= 0.3 is 0 Å². The van der Waals surface area contributed by atoms with E-state index in [4.69, 9.17) is 0 Å². The monoisotopic (exact) mass is 257 g/mol. The number of piperazine rings is 1. The lowest BCUT2D eigenvalue weighted by molar-refractivity contribution is -0.130. The number of carbonyl (C=O) groups excluding carboxylic acids is 1. The molecule has 0 radical (unpaired) electrons. The highest BCUT2D eigenvalue weighted by atomic mass is 19.1. The first-order chi connectivity index (χ1) is 8.41. The van der Waals surface area contributed by atoms with Crippen LogP contribution in [0.2, 0.25) is 0 Å². The molecule has 0 bridgehead atoms. The maximum Gasteiger partial charge on any atom is 0.282 e. The molecule has 4 nitrogen and oxygen atoms in total. The van der Waals surface area contributed by atoms with Crippen LogP contribution in [0.4, 0.5) is 4.39 Å². The quantitative estimate of drug-likeness (QED) is 0.702. The van der Waals surface area contributed by atoms with Crippen LogP contribution < -0.4 is 0 Å². The van der Waals surface area contributed by atoms with Gasteiger partial charge in [-0.05, 0) is 34.0 Å². The third-order valence-electron chi connectivity index (χ3n) is 3.17. The van der Waals surface area contributed by atoms with Crippen molar-refractivity contribution in [1.29, 1.82) is 0 Å². The Balaban J connectivity index is 2.47. The molecular weight excluding hydrogens is 233 g/mol. The van der Waals surface area contributed by atoms with Gasteiger partial charge in [-0.2, -0.15) is 0 Å². The molecule has 1 heterocycles. The minimum atomic E-state index is -0.637. The second kappa shape index (κ2) is 6.85. The van der Waals surface area contributed by atoms with Crippen LogP contribution in [0.3, 0.4) is 0 Å². The lowest BCUT2D eigenvalue weighted by atomic mass is 10.2. The Morgan fingerprint density at radius 3 is 2.28 bits per heavy atom. The van der Waals surface area contributed by atoms with Crippen LogP contribution in [0, 0.1) is 0 Å². The SMILES string of the molecule is CC(C)N1CCN(C(=O)/C(F)=C/CN(C)C)CC1. The molecule has 0 spiro atoms. The molecule has 0 unspecified atom stereocenters. The molecule has 1 aliphatic rings. The molecule has 104 valence electrons. The zero-order valence-corrected chi connectivity index (χ0v) is 11.8. The second-order valence-electron chi connectivity index (χ2n) is 5.24. The van der Waals surface area contributed by atoms with Crippen LogP contribution in [-0.4, -0.2) is 73.5 Å². The van der Waals surface area contributed by atoms with E-state index in [0.29, 0.717) is 25.7 Å². The van der Waals surface area contributed by atoms with E-state index in [9.17, 15) is 9.18 Å². The van der Waals surface area contributed by atoms with E-state index in [1.807, 2.05) is 19.0 Å². The van der Waals surface area contributed by atoms with Gasteiger partial charge in [0.05, 0.1) is 0 Å². The third-order valence-corrected chi connectivity index (χ3v) is 3.17. The van der Waals surface area contributed by atoms with E-state index in [0.717, 1.165) is 13.1 Å². The molecule has 1 amide bonds. The van der Waals surface area contributed by atoms with Gasteiger partial charge in [0.1, 0.15) is 0 Å². The first-order valence-electron chi connectivity index (χ1n) is 6.45. The maximum absolute atomic E-state index is 13.6. The minimum absolute atomic E-state index is 0.448. The lowest BCUT2D eigenvalue weighted by Gasteiger charge is -2.36. The lowest BCUT2D eigenvalue weighted by Crippen LogP contribution is -2.50. The normalized spacial score (nSPS) is 18.8. The molecule has 1 saturated heterocycles. The molecule has 0 aromatic carbocycles. The zero-order valence-electron chi connectivity index (χ0n) is 11.8. The van der Waals surface area contributed by atoms with E-state index >= 15 is 0 Å². The summed E-state index contributed by atoms with van der Waals surface area (Å²) in [5, 5.41) is 0. The third kappa shape index (κ3) is 4.38. The van der Waals surface area contributed by atoms with Crippen molar-refractivity contribution in [2.45, 2.75) is 19.9 Å². The Kier molecular flexibility index (Phi) is 5.75. The first kappa shape index (κ1) is 15.1. The van der Waals surface area contributed by atoms with Gasteiger partial charge in [0.2, 0.25) is 0 Å². The van der Waals surface area contributed by atoms with Crippen LogP contribution >= 0.6 is 0 Å². The van der Waals surface area contributed by atoms with Gasteiger partial charge in [0, 0.05) is 38.8 Å². The summed E-state index contributed by atoms with van der Waals surface area (Å²) in [6.07, 6.45) is 1.34. The molecule has 1 fully saturated rings. The Hall–Kier alpha value is -0.940. The predicted octanol–water partition coefficient (Wildman–Crippen LogP) is 0.954. The van der Waals surface area contributed by atoms with E-state index in [1.54, 1.807) is 4.90 Å². The van der Waals surface area contributed by atoms with Crippen LogP contribution in [-0.2, 0) is 4.79 Å². The van der Waals surface area contributed by atoms with Gasteiger partial charge in [0.15, 0.2) is 5.83 Å². The summed E-state index contributed by atoms with van der Waals surface area (Å²) in [6, 6.07) is 0.483. The number of rotatable bonds is 4. The van der Waals surface area contributed by atoms with Crippen molar-refractivity contribution in [3.8, 4) is 0 Å². The van der Waals surface area contributed by atoms with Gasteiger partial charge in [-0.25, -0.2) is 4.39 Å². The number of halogens is 1. The summed E-state index contributed by atoms with van der Waals surface area (Å²) in [7, 11) is 3.69. The fraction of sp³-hybridized carbons (Fsp3) is 0.769. The average Bonchev–Trinajstić information content (AvgIpc) is 2.35. The zero-order chi connectivity index (χ0) is 13.7. The summed E-state index contributed by atoms with van der Waals surface area (Å²) >= 11 is 0. The summed E-state index contributed by atoms with van der Waals surface area (Å²) in [4.78, 5) is 17.6. The second-order valence-corrected chi connectivity index (χ2v) is 5.24. The number of carbonyl (C=O) groups is 1. The van der Waals surface area contributed by atoms with Crippen LogP contribution in [0.15, 0.2) is 11.9 Å². The Labute approximate surface area is 109 Å². The van der Waals surface area contributed by atoms with Crippen molar-refractivity contribution in [3.05, 3.63) is 11.9 Å². The fourth-order valence-corrected chi connectivity index (χ4v) is 1.94. The van der Waals surface area contributed by atoms with Crippen LogP contribution in [0.5, 0.6) is 0 Å². The topological polar surface area (TPSA) is 26.8 Å². The largest absolute Gasteiger partial charge is 0.334 e. The van der Waals surface area contributed by atoms with Gasteiger partial charge in [-0.15, -0.1) is 0 Å². The van der Waals surface area contributed by atoms with Gasteiger partial charge in [-0.1, -0.05) is 0 Å². The number of amides is 1. The van der Waals surface area contributed by atoms with Crippen molar-refractivity contribution in [3.63, 3.8) is 0 Å². The number of hydrogen-bond acceptors (Lipinski definition) is 3. The van der Waals surface area contributed by atoms with E-state index in [1.165, 1.54) is 6.08 Å². The molecule has 1 rings (SSSR count). The van der Waals surface area contributed by atoms with Gasteiger partial charge < -0.3 is 9.80 Å². The van der Waals surface area contributed by atoms with Crippen LogP contribution in [0.25, 0.3) is 0 Å². The Morgan fingerprint density at radius 1 is 1.28 bits per heavy atom. The molecule has 1 aliphatic heterocycles. The molecular formula is C13H24FN3O. The fourth-order valence-electron chi connectivity index (χ4n) is 1.94. The van der Waals surface area contributed by atoms with E-state index in [2.05, 4.69) is 18.7 Å². The van der Waals surface area contributed by atoms with Crippen molar-refractivity contribution < 1.29 is 9.18 Å². The van der Waals surface area contributed by atoms with Crippen molar-refractivity contribution >= 4 is 5.91 Å². The van der Waals surface area contributed by atoms with Crippen molar-refractivity contribution in [2.75, 3.05) is 46.8 Å². The molecule has 0 N–H and O–H groups in total. The first-order valence-corrected chi connectivity index (χ1v) is 6.45.